The number of hydrogen-bond acceptors (Lipinski definition) is 3. The van der Waals surface area contributed by atoms with Gasteiger partial charge in [0.1, 0.15) is 12.3 Å². The van der Waals surface area contributed by atoms with Crippen molar-refractivity contribution in [2.45, 2.75) is 19.5 Å². The molecule has 0 saturated heterocycles. The van der Waals surface area contributed by atoms with Crippen LogP contribution in [0.4, 0.5) is 0 Å². The van der Waals surface area contributed by atoms with E-state index in [4.69, 9.17) is 4.74 Å². The van der Waals surface area contributed by atoms with Gasteiger partial charge < -0.3 is 19.5 Å². The fraction of sp³-hybridized carbons (Fsp3) is 0.318. The van der Waals surface area contributed by atoms with Crippen molar-refractivity contribution in [1.82, 2.24) is 14.8 Å². The second kappa shape index (κ2) is 8.27. The molecule has 0 fully saturated rings. The maximum atomic E-state index is 12.6. The lowest BCUT2D eigenvalue weighted by Crippen LogP contribution is -2.36. The number of amides is 1. The summed E-state index contributed by atoms with van der Waals surface area (Å²) in [5, 5.41) is 4.24. The third-order valence-electron chi connectivity index (χ3n) is 4.93. The molecule has 1 N–H and O–H groups in total. The molecule has 1 unspecified atom stereocenters. The van der Waals surface area contributed by atoms with Crippen LogP contribution < -0.4 is 10.1 Å². The Morgan fingerprint density at radius 1 is 1.15 bits per heavy atom. The predicted octanol–water partition coefficient (Wildman–Crippen LogP) is 3.38. The Kier molecular flexibility index (Phi) is 5.81. The number of rotatable bonds is 7. The van der Waals surface area contributed by atoms with Crippen LogP contribution in [0.5, 0.6) is 5.75 Å². The first-order valence-corrected chi connectivity index (χ1v) is 9.12. The lowest BCUT2D eigenvalue weighted by atomic mass is 10.0. The monoisotopic (exact) mass is 365 g/mol. The third kappa shape index (κ3) is 4.14. The van der Waals surface area contributed by atoms with Crippen LogP contribution in [0.1, 0.15) is 17.3 Å². The largest absolute Gasteiger partial charge is 0.496 e. The predicted molar refractivity (Wildman–Crippen MR) is 109 cm³/mol. The van der Waals surface area contributed by atoms with Crippen molar-refractivity contribution in [3.63, 3.8) is 0 Å². The molecule has 0 saturated carbocycles. The molecule has 5 heteroatoms. The van der Waals surface area contributed by atoms with Gasteiger partial charge in [-0.25, -0.2) is 0 Å². The molecule has 3 aromatic rings. The van der Waals surface area contributed by atoms with E-state index in [1.165, 1.54) is 0 Å². The second-order valence-electron chi connectivity index (χ2n) is 6.96. The Labute approximate surface area is 160 Å². The van der Waals surface area contributed by atoms with Crippen LogP contribution in [-0.4, -0.2) is 43.1 Å². The maximum absolute atomic E-state index is 12.6. The maximum Gasteiger partial charge on any atom is 0.240 e. The zero-order valence-corrected chi connectivity index (χ0v) is 16.4. The molecule has 0 bridgehead atoms. The van der Waals surface area contributed by atoms with Crippen LogP contribution in [0.25, 0.3) is 10.9 Å². The van der Waals surface area contributed by atoms with Gasteiger partial charge in [-0.2, -0.15) is 0 Å². The summed E-state index contributed by atoms with van der Waals surface area (Å²) in [6.07, 6.45) is 0. The first kappa shape index (κ1) is 19.0. The van der Waals surface area contributed by atoms with Crippen LogP contribution in [-0.2, 0) is 11.3 Å². The highest BCUT2D eigenvalue weighted by atomic mass is 16.5. The Morgan fingerprint density at radius 2 is 1.85 bits per heavy atom. The number of fused-ring (bicyclic) bond motifs is 1. The Bertz CT molecular complexity index is 930. The number of ether oxygens (including phenoxy) is 1. The quantitative estimate of drug-likeness (QED) is 0.698. The van der Waals surface area contributed by atoms with Gasteiger partial charge in [0, 0.05) is 23.3 Å². The molecule has 2 aromatic carbocycles. The SMILES string of the molecule is COc1ccccc1C(CNC(=O)Cn1c(C)cc2ccccc21)N(C)C. The minimum absolute atomic E-state index is 0.00111. The van der Waals surface area contributed by atoms with E-state index < -0.39 is 0 Å². The topological polar surface area (TPSA) is 46.5 Å². The molecule has 142 valence electrons. The van der Waals surface area contributed by atoms with E-state index in [-0.39, 0.29) is 11.9 Å². The number of hydrogen-bond donors (Lipinski definition) is 1. The summed E-state index contributed by atoms with van der Waals surface area (Å²) in [5.74, 6) is 0.832. The van der Waals surface area contributed by atoms with E-state index in [1.807, 2.05) is 63.5 Å². The molecule has 1 atom stereocenters. The van der Waals surface area contributed by atoms with E-state index in [9.17, 15) is 4.79 Å². The van der Waals surface area contributed by atoms with Gasteiger partial charge in [-0.05, 0) is 44.6 Å². The molecule has 0 radical (unpaired) electrons. The van der Waals surface area contributed by atoms with Crippen molar-refractivity contribution >= 4 is 16.8 Å². The molecule has 3 rings (SSSR count). The number of aromatic nitrogens is 1. The average Bonchev–Trinajstić information content (AvgIpc) is 2.97. The molecule has 27 heavy (non-hydrogen) atoms. The summed E-state index contributed by atoms with van der Waals surface area (Å²) in [4.78, 5) is 14.7. The number of carbonyl (C=O) groups is 1. The van der Waals surface area contributed by atoms with Gasteiger partial charge in [-0.15, -0.1) is 0 Å². The summed E-state index contributed by atoms with van der Waals surface area (Å²) in [7, 11) is 5.68. The van der Waals surface area contributed by atoms with Crippen LogP contribution in [0.15, 0.2) is 54.6 Å². The van der Waals surface area contributed by atoms with Gasteiger partial charge in [0.2, 0.25) is 5.91 Å². The minimum atomic E-state index is 0.00111. The van der Waals surface area contributed by atoms with E-state index in [2.05, 4.69) is 26.9 Å². The highest BCUT2D eigenvalue weighted by molar-refractivity contribution is 5.84. The van der Waals surface area contributed by atoms with Gasteiger partial charge in [-0.3, -0.25) is 4.79 Å². The van der Waals surface area contributed by atoms with Gasteiger partial charge in [0.05, 0.1) is 13.2 Å². The average molecular weight is 365 g/mol. The number of methoxy groups -OCH3 is 1. The van der Waals surface area contributed by atoms with Crippen molar-refractivity contribution in [3.05, 3.63) is 65.9 Å². The fourth-order valence-corrected chi connectivity index (χ4v) is 3.48. The standard InChI is InChI=1S/C22H27N3O2/c1-16-13-17-9-5-7-11-19(17)25(16)15-22(26)23-14-20(24(2)3)18-10-6-8-12-21(18)27-4/h5-13,20H,14-15H2,1-4H3,(H,23,26). The summed E-state index contributed by atoms with van der Waals surface area (Å²) in [6, 6.07) is 18.2. The van der Waals surface area contributed by atoms with Crippen LogP contribution >= 0.6 is 0 Å². The summed E-state index contributed by atoms with van der Waals surface area (Å²) in [5.41, 5.74) is 3.23. The Morgan fingerprint density at radius 3 is 2.59 bits per heavy atom. The van der Waals surface area contributed by atoms with Crippen molar-refractivity contribution in [1.29, 1.82) is 0 Å². The fourth-order valence-electron chi connectivity index (χ4n) is 3.48. The molecule has 1 aromatic heterocycles. The Balaban J connectivity index is 1.72. The number of nitrogens with zero attached hydrogens (tertiary/aromatic N) is 2. The summed E-state index contributed by atoms with van der Waals surface area (Å²) >= 11 is 0. The molecule has 0 aliphatic heterocycles. The van der Waals surface area contributed by atoms with Crippen molar-refractivity contribution in [3.8, 4) is 5.75 Å². The molecular weight excluding hydrogens is 338 g/mol. The molecule has 0 aliphatic carbocycles. The van der Waals surface area contributed by atoms with Crippen LogP contribution in [0.2, 0.25) is 0 Å². The van der Waals surface area contributed by atoms with E-state index >= 15 is 0 Å². The number of benzene rings is 2. The van der Waals surface area contributed by atoms with Gasteiger partial charge >= 0.3 is 0 Å². The zero-order valence-electron chi connectivity index (χ0n) is 16.4. The van der Waals surface area contributed by atoms with Crippen molar-refractivity contribution < 1.29 is 9.53 Å². The smallest absolute Gasteiger partial charge is 0.240 e. The summed E-state index contributed by atoms with van der Waals surface area (Å²) < 4.78 is 7.54. The normalized spacial score (nSPS) is 12.3. The van der Waals surface area contributed by atoms with Crippen molar-refractivity contribution in [2.24, 2.45) is 0 Å². The number of aryl methyl sites for hydroxylation is 1. The third-order valence-corrected chi connectivity index (χ3v) is 4.93. The highest BCUT2D eigenvalue weighted by Crippen LogP contribution is 2.27. The molecule has 1 heterocycles. The second-order valence-corrected chi connectivity index (χ2v) is 6.96. The molecule has 0 aliphatic rings. The number of nitrogens with one attached hydrogen (secondary N) is 1. The first-order valence-electron chi connectivity index (χ1n) is 9.12. The molecule has 1 amide bonds. The van der Waals surface area contributed by atoms with E-state index in [0.29, 0.717) is 13.1 Å². The number of likely N-dealkylation sites (N-methyl/N-ethyl adjacent to an activating group) is 1. The molecule has 5 nitrogen and oxygen atoms in total. The van der Waals surface area contributed by atoms with Gasteiger partial charge in [0.25, 0.3) is 0 Å². The van der Waals surface area contributed by atoms with Crippen LogP contribution in [0, 0.1) is 6.92 Å². The molecular formula is C22H27N3O2. The summed E-state index contributed by atoms with van der Waals surface area (Å²) in [6.45, 7) is 2.86. The number of para-hydroxylation sites is 2. The van der Waals surface area contributed by atoms with Gasteiger partial charge in [0.15, 0.2) is 0 Å². The minimum Gasteiger partial charge on any atom is -0.496 e. The van der Waals surface area contributed by atoms with Crippen LogP contribution in [0.3, 0.4) is 0 Å². The first-order chi connectivity index (χ1) is 13.0. The van der Waals surface area contributed by atoms with E-state index in [1.54, 1.807) is 7.11 Å². The highest BCUT2D eigenvalue weighted by Gasteiger charge is 2.19. The Hall–Kier alpha value is -2.79. The zero-order chi connectivity index (χ0) is 19.4. The number of carbonyl (C=O) groups excluding carboxylic acids is 1. The molecule has 0 spiro atoms. The lowest BCUT2D eigenvalue weighted by molar-refractivity contribution is -0.121. The van der Waals surface area contributed by atoms with Gasteiger partial charge in [-0.1, -0.05) is 36.4 Å². The van der Waals surface area contributed by atoms with E-state index in [0.717, 1.165) is 27.9 Å². The lowest BCUT2D eigenvalue weighted by Gasteiger charge is -2.26. The van der Waals surface area contributed by atoms with Crippen molar-refractivity contribution in [2.75, 3.05) is 27.7 Å².